The van der Waals surface area contributed by atoms with Gasteiger partial charge in [-0.05, 0) is 48.0 Å². The molecule has 0 saturated heterocycles. The molecule has 130 valence electrons. The molecule has 0 aliphatic heterocycles. The molecule has 4 aromatic rings. The summed E-state index contributed by atoms with van der Waals surface area (Å²) in [6.45, 7) is 0. The number of anilines is 1. The molecule has 4 rings (SSSR count). The zero-order valence-electron chi connectivity index (χ0n) is 14.2. The van der Waals surface area contributed by atoms with Crippen molar-refractivity contribution in [2.45, 2.75) is 0 Å². The summed E-state index contributed by atoms with van der Waals surface area (Å²) in [5, 5.41) is 11.6. The van der Waals surface area contributed by atoms with Gasteiger partial charge in [-0.1, -0.05) is 34.8 Å². The molecule has 0 unspecified atom stereocenters. The van der Waals surface area contributed by atoms with Crippen molar-refractivity contribution in [3.05, 3.63) is 59.4 Å². The highest BCUT2D eigenvalue weighted by atomic mass is 32.1. The van der Waals surface area contributed by atoms with Crippen molar-refractivity contribution in [1.82, 2.24) is 24.4 Å². The number of aromatic amines is 1. The second-order valence-electron chi connectivity index (χ2n) is 5.92. The minimum absolute atomic E-state index is 0.532. The first-order valence-corrected chi connectivity index (χ1v) is 9.16. The molecule has 2 aromatic carbocycles. The fourth-order valence-corrected chi connectivity index (χ4v) is 3.62. The maximum absolute atomic E-state index is 5.47. The average Bonchev–Trinajstić information content (AvgIpc) is 3.29. The van der Waals surface area contributed by atoms with Crippen LogP contribution in [0.3, 0.4) is 0 Å². The molecule has 2 aromatic heterocycles. The molecule has 2 heterocycles. The topological polar surface area (TPSA) is 62.6 Å². The summed E-state index contributed by atoms with van der Waals surface area (Å²) in [5.74, 6) is 0.710. The van der Waals surface area contributed by atoms with Crippen LogP contribution in [0.25, 0.3) is 27.6 Å². The van der Waals surface area contributed by atoms with Gasteiger partial charge < -0.3 is 4.90 Å². The number of hydrogen-bond donors (Lipinski definition) is 1. The number of nitrogens with one attached hydrogen (secondary N) is 1. The second-order valence-corrected chi connectivity index (χ2v) is 7.06. The van der Waals surface area contributed by atoms with Crippen LogP contribution in [0.2, 0.25) is 0 Å². The van der Waals surface area contributed by atoms with Crippen LogP contribution in [0.4, 0.5) is 5.69 Å². The number of benzene rings is 2. The van der Waals surface area contributed by atoms with Crippen LogP contribution in [0.5, 0.6) is 0 Å². The number of nitrogens with zero attached hydrogens (tertiary/aromatic N) is 5. The Labute approximate surface area is 159 Å². The SMILES string of the molecule is CN(C)c1ccc(-n2c(-c3snnc3-c3ccccc3)n[nH]c2=S)cc1. The quantitative estimate of drug-likeness (QED) is 0.538. The fourth-order valence-electron chi connectivity index (χ4n) is 2.71. The lowest BCUT2D eigenvalue weighted by molar-refractivity contribution is 1.03. The van der Waals surface area contributed by atoms with Crippen molar-refractivity contribution in [3.8, 4) is 27.6 Å². The Morgan fingerprint density at radius 2 is 1.77 bits per heavy atom. The van der Waals surface area contributed by atoms with Gasteiger partial charge in [-0.2, -0.15) is 5.10 Å². The summed E-state index contributed by atoms with van der Waals surface area (Å²) in [5.41, 5.74) is 3.86. The Hall–Kier alpha value is -2.84. The van der Waals surface area contributed by atoms with Gasteiger partial charge in [-0.3, -0.25) is 9.67 Å². The molecule has 0 fully saturated rings. The molecule has 0 aliphatic carbocycles. The molecule has 0 bridgehead atoms. The molecular formula is C18H16N6S2. The molecule has 0 radical (unpaired) electrons. The predicted molar refractivity (Wildman–Crippen MR) is 107 cm³/mol. The lowest BCUT2D eigenvalue weighted by Crippen LogP contribution is -2.08. The Morgan fingerprint density at radius 3 is 2.46 bits per heavy atom. The van der Waals surface area contributed by atoms with Crippen LogP contribution in [-0.2, 0) is 0 Å². The maximum Gasteiger partial charge on any atom is 0.200 e. The molecule has 0 aliphatic rings. The Bertz CT molecular complexity index is 1080. The largest absolute Gasteiger partial charge is 0.378 e. The van der Waals surface area contributed by atoms with E-state index in [0.717, 1.165) is 27.5 Å². The molecular weight excluding hydrogens is 364 g/mol. The molecule has 0 atom stereocenters. The Balaban J connectivity index is 1.84. The van der Waals surface area contributed by atoms with Gasteiger partial charge in [0.05, 0.1) is 5.69 Å². The third kappa shape index (κ3) is 2.93. The van der Waals surface area contributed by atoms with E-state index in [1.807, 2.05) is 61.1 Å². The summed E-state index contributed by atoms with van der Waals surface area (Å²) in [4.78, 5) is 2.93. The predicted octanol–water partition coefficient (Wildman–Crippen LogP) is 4.18. The lowest BCUT2D eigenvalue weighted by atomic mass is 10.1. The van der Waals surface area contributed by atoms with E-state index in [0.29, 0.717) is 10.6 Å². The third-order valence-electron chi connectivity index (χ3n) is 4.03. The van der Waals surface area contributed by atoms with Crippen LogP contribution >= 0.6 is 23.8 Å². The standard InChI is InChI=1S/C18H16N6S2/c1-23(2)13-8-10-14(11-9-13)24-17(20-21-18(24)25)16-15(19-22-26-16)12-6-4-3-5-7-12/h3-11H,1-2H3,(H,21,25). The van der Waals surface area contributed by atoms with Crippen LogP contribution in [0, 0.1) is 4.77 Å². The zero-order valence-corrected chi connectivity index (χ0v) is 15.9. The zero-order chi connectivity index (χ0) is 18.1. The van der Waals surface area contributed by atoms with Crippen molar-refractivity contribution < 1.29 is 0 Å². The molecule has 0 spiro atoms. The van der Waals surface area contributed by atoms with Crippen molar-refractivity contribution in [2.75, 3.05) is 19.0 Å². The number of H-pyrrole nitrogens is 1. The van der Waals surface area contributed by atoms with Gasteiger partial charge in [-0.25, -0.2) is 0 Å². The first kappa shape index (κ1) is 16.6. The minimum atomic E-state index is 0.532. The minimum Gasteiger partial charge on any atom is -0.378 e. The highest BCUT2D eigenvalue weighted by molar-refractivity contribution is 7.71. The summed E-state index contributed by atoms with van der Waals surface area (Å²) < 4.78 is 6.59. The van der Waals surface area contributed by atoms with Gasteiger partial charge in [0.25, 0.3) is 0 Å². The van der Waals surface area contributed by atoms with Crippen molar-refractivity contribution in [3.63, 3.8) is 0 Å². The van der Waals surface area contributed by atoms with Crippen LogP contribution in [0.15, 0.2) is 54.6 Å². The summed E-state index contributed by atoms with van der Waals surface area (Å²) in [6, 6.07) is 18.1. The first-order valence-electron chi connectivity index (χ1n) is 7.98. The maximum atomic E-state index is 5.47. The monoisotopic (exact) mass is 380 g/mol. The van der Waals surface area contributed by atoms with Crippen molar-refractivity contribution in [2.24, 2.45) is 0 Å². The van der Waals surface area contributed by atoms with Crippen LogP contribution in [0.1, 0.15) is 0 Å². The van der Waals surface area contributed by atoms with Crippen molar-refractivity contribution >= 4 is 29.4 Å². The van der Waals surface area contributed by atoms with E-state index in [-0.39, 0.29) is 0 Å². The lowest BCUT2D eigenvalue weighted by Gasteiger charge is -2.13. The normalized spacial score (nSPS) is 10.8. The van der Waals surface area contributed by atoms with Gasteiger partial charge in [0.1, 0.15) is 10.6 Å². The van der Waals surface area contributed by atoms with E-state index in [2.05, 4.69) is 36.8 Å². The highest BCUT2D eigenvalue weighted by Crippen LogP contribution is 2.33. The van der Waals surface area contributed by atoms with Gasteiger partial charge in [0.2, 0.25) is 0 Å². The molecule has 0 amide bonds. The summed E-state index contributed by atoms with van der Waals surface area (Å²) in [7, 11) is 4.03. The average molecular weight is 381 g/mol. The van der Waals surface area contributed by atoms with E-state index in [1.165, 1.54) is 11.5 Å². The van der Waals surface area contributed by atoms with Crippen LogP contribution in [-0.4, -0.2) is 38.4 Å². The van der Waals surface area contributed by atoms with Gasteiger partial charge in [0.15, 0.2) is 10.6 Å². The number of rotatable bonds is 4. The van der Waals surface area contributed by atoms with E-state index < -0.39 is 0 Å². The van der Waals surface area contributed by atoms with Crippen molar-refractivity contribution in [1.29, 1.82) is 0 Å². The molecule has 8 heteroatoms. The van der Waals surface area contributed by atoms with Gasteiger partial charge in [-0.15, -0.1) is 5.10 Å². The number of hydrogen-bond acceptors (Lipinski definition) is 6. The van der Waals surface area contributed by atoms with Gasteiger partial charge in [0, 0.05) is 25.3 Å². The van der Waals surface area contributed by atoms with E-state index in [4.69, 9.17) is 12.2 Å². The van der Waals surface area contributed by atoms with E-state index in [9.17, 15) is 0 Å². The Morgan fingerprint density at radius 1 is 1.04 bits per heavy atom. The summed E-state index contributed by atoms with van der Waals surface area (Å²) >= 11 is 6.78. The van der Waals surface area contributed by atoms with Gasteiger partial charge >= 0.3 is 0 Å². The molecule has 26 heavy (non-hydrogen) atoms. The van der Waals surface area contributed by atoms with E-state index in [1.54, 1.807) is 0 Å². The highest BCUT2D eigenvalue weighted by Gasteiger charge is 2.19. The van der Waals surface area contributed by atoms with Crippen LogP contribution < -0.4 is 4.90 Å². The molecule has 6 nitrogen and oxygen atoms in total. The molecule has 0 saturated carbocycles. The summed E-state index contributed by atoms with van der Waals surface area (Å²) in [6.07, 6.45) is 0. The third-order valence-corrected chi connectivity index (χ3v) is 5.03. The smallest absolute Gasteiger partial charge is 0.200 e. The first-order chi connectivity index (χ1) is 12.6. The molecule has 1 N–H and O–H groups in total. The number of aromatic nitrogens is 5. The van der Waals surface area contributed by atoms with E-state index >= 15 is 0 Å². The Kier molecular flexibility index (Phi) is 4.36. The fraction of sp³-hybridized carbons (Fsp3) is 0.111. The second kappa shape index (κ2) is 6.81.